The van der Waals surface area contributed by atoms with Crippen LogP contribution in [0.2, 0.25) is 0 Å². The molecule has 3 aromatic rings. The molecule has 0 bridgehead atoms. The van der Waals surface area contributed by atoms with E-state index >= 15 is 0 Å². The molecule has 4 rings (SSSR count). The highest BCUT2D eigenvalue weighted by atomic mass is 32.2. The molecule has 9 nitrogen and oxygen atoms in total. The maximum atomic E-state index is 13.0. The van der Waals surface area contributed by atoms with Crippen molar-refractivity contribution in [1.29, 1.82) is 0 Å². The highest BCUT2D eigenvalue weighted by Crippen LogP contribution is 2.42. The smallest absolute Gasteiger partial charge is 0.294 e. The van der Waals surface area contributed by atoms with Crippen LogP contribution in [0, 0.1) is 6.92 Å². The Kier molecular flexibility index (Phi) is 4.60. The standard InChI is InChI=1S/C20H16N2O7S/c1-11-4-9-14(29-11)17-16(18(23)15-3-2-10-28-15)19(24)20(25)22(17)12-5-7-13(8-6-12)30(21,26)27/h2-10,17,24H,1H3,(H2,21,26,27). The maximum Gasteiger partial charge on any atom is 0.294 e. The van der Waals surface area contributed by atoms with Gasteiger partial charge < -0.3 is 13.9 Å². The lowest BCUT2D eigenvalue weighted by atomic mass is 9.99. The molecule has 0 spiro atoms. The lowest BCUT2D eigenvalue weighted by Crippen LogP contribution is -2.30. The monoisotopic (exact) mass is 428 g/mol. The molecule has 0 radical (unpaired) electrons. The first-order valence-corrected chi connectivity index (χ1v) is 10.3. The van der Waals surface area contributed by atoms with Gasteiger partial charge in [0, 0.05) is 5.69 Å². The number of nitrogens with zero attached hydrogens (tertiary/aromatic N) is 1. The summed E-state index contributed by atoms with van der Waals surface area (Å²) in [4.78, 5) is 26.9. The quantitative estimate of drug-likeness (QED) is 0.594. The second-order valence-electron chi connectivity index (χ2n) is 6.63. The molecule has 1 aliphatic heterocycles. The van der Waals surface area contributed by atoms with Crippen molar-refractivity contribution in [3.8, 4) is 0 Å². The van der Waals surface area contributed by atoms with Gasteiger partial charge in [-0.1, -0.05) is 0 Å². The average molecular weight is 428 g/mol. The van der Waals surface area contributed by atoms with Crippen LogP contribution in [0.25, 0.3) is 0 Å². The summed E-state index contributed by atoms with van der Waals surface area (Å²) < 4.78 is 33.8. The lowest BCUT2D eigenvalue weighted by Gasteiger charge is -2.25. The van der Waals surface area contributed by atoms with E-state index in [1.165, 1.54) is 42.7 Å². The Bertz CT molecular complexity index is 1270. The van der Waals surface area contributed by atoms with Crippen molar-refractivity contribution in [3.63, 3.8) is 0 Å². The maximum absolute atomic E-state index is 13.0. The van der Waals surface area contributed by atoms with Gasteiger partial charge in [-0.05, 0) is 55.5 Å². The second-order valence-corrected chi connectivity index (χ2v) is 8.20. The number of sulfonamides is 1. The fraction of sp³-hybridized carbons (Fsp3) is 0.100. The number of hydrogen-bond acceptors (Lipinski definition) is 7. The zero-order valence-corrected chi connectivity index (χ0v) is 16.4. The molecule has 0 saturated heterocycles. The number of Topliss-reactive ketones (excluding diaryl/α,β-unsaturated/α-hetero) is 1. The van der Waals surface area contributed by atoms with Crippen LogP contribution in [0.3, 0.4) is 0 Å². The minimum absolute atomic E-state index is 0.0518. The number of furan rings is 2. The summed E-state index contributed by atoms with van der Waals surface area (Å²) in [6, 6.07) is 10.3. The molecule has 1 aromatic carbocycles. The number of nitrogens with two attached hydrogens (primary N) is 1. The molecule has 0 saturated carbocycles. The number of anilines is 1. The van der Waals surface area contributed by atoms with Crippen LogP contribution in [0.5, 0.6) is 0 Å². The van der Waals surface area contributed by atoms with Gasteiger partial charge in [0.1, 0.15) is 17.6 Å². The van der Waals surface area contributed by atoms with E-state index in [-0.39, 0.29) is 27.7 Å². The minimum atomic E-state index is -3.93. The number of hydrogen-bond donors (Lipinski definition) is 2. The Morgan fingerprint density at radius 3 is 2.37 bits per heavy atom. The van der Waals surface area contributed by atoms with E-state index in [1.54, 1.807) is 19.1 Å². The molecule has 0 fully saturated rings. The number of carbonyl (C=O) groups excluding carboxylic acids is 2. The van der Waals surface area contributed by atoms with Gasteiger partial charge in [0.2, 0.25) is 15.8 Å². The van der Waals surface area contributed by atoms with E-state index in [0.29, 0.717) is 5.76 Å². The summed E-state index contributed by atoms with van der Waals surface area (Å²) in [5.41, 5.74) is 0.0278. The first kappa shape index (κ1) is 19.7. The summed E-state index contributed by atoms with van der Waals surface area (Å²) >= 11 is 0. The molecule has 154 valence electrons. The van der Waals surface area contributed by atoms with Crippen molar-refractivity contribution in [2.24, 2.45) is 5.14 Å². The van der Waals surface area contributed by atoms with Crippen LogP contribution in [0.15, 0.2) is 79.9 Å². The van der Waals surface area contributed by atoms with E-state index in [2.05, 4.69) is 0 Å². The molecule has 3 heterocycles. The van der Waals surface area contributed by atoms with Gasteiger partial charge in [-0.2, -0.15) is 0 Å². The number of amides is 1. The molecule has 1 unspecified atom stereocenters. The second kappa shape index (κ2) is 7.01. The van der Waals surface area contributed by atoms with Gasteiger partial charge in [0.25, 0.3) is 5.91 Å². The highest BCUT2D eigenvalue weighted by Gasteiger charge is 2.46. The summed E-state index contributed by atoms with van der Waals surface area (Å²) in [6.45, 7) is 1.70. The van der Waals surface area contributed by atoms with E-state index in [4.69, 9.17) is 14.0 Å². The van der Waals surface area contributed by atoms with Crippen molar-refractivity contribution in [2.75, 3.05) is 4.90 Å². The molecular weight excluding hydrogens is 412 g/mol. The van der Waals surface area contributed by atoms with E-state index in [9.17, 15) is 23.1 Å². The number of ketones is 1. The van der Waals surface area contributed by atoms with Gasteiger partial charge in [-0.3, -0.25) is 14.5 Å². The fourth-order valence-corrected chi connectivity index (χ4v) is 3.83. The average Bonchev–Trinajstić information content (AvgIpc) is 3.42. The molecule has 30 heavy (non-hydrogen) atoms. The number of rotatable bonds is 5. The predicted octanol–water partition coefficient (Wildman–Crippen LogP) is 2.61. The van der Waals surface area contributed by atoms with E-state index in [0.717, 1.165) is 4.90 Å². The van der Waals surface area contributed by atoms with Gasteiger partial charge in [-0.15, -0.1) is 0 Å². The number of aliphatic hydroxyl groups excluding tert-OH is 1. The third-order valence-corrected chi connectivity index (χ3v) is 5.60. The third kappa shape index (κ3) is 3.21. The Morgan fingerprint density at radius 2 is 1.83 bits per heavy atom. The normalized spacial score (nSPS) is 17.1. The van der Waals surface area contributed by atoms with Crippen molar-refractivity contribution in [2.45, 2.75) is 17.9 Å². The lowest BCUT2D eigenvalue weighted by molar-refractivity contribution is -0.117. The van der Waals surface area contributed by atoms with E-state index < -0.39 is 33.5 Å². The van der Waals surface area contributed by atoms with Crippen molar-refractivity contribution >= 4 is 27.4 Å². The topological polar surface area (TPSA) is 144 Å². The van der Waals surface area contributed by atoms with Crippen LogP contribution in [0.1, 0.15) is 28.1 Å². The van der Waals surface area contributed by atoms with Gasteiger partial charge in [-0.25, -0.2) is 13.6 Å². The molecule has 1 amide bonds. The van der Waals surface area contributed by atoms with Crippen LogP contribution < -0.4 is 10.0 Å². The summed E-state index contributed by atoms with van der Waals surface area (Å²) in [6.07, 6.45) is 1.30. The Balaban J connectivity index is 1.84. The molecule has 10 heteroatoms. The first-order chi connectivity index (χ1) is 14.2. The molecule has 1 atom stereocenters. The van der Waals surface area contributed by atoms with Crippen LogP contribution in [-0.2, 0) is 14.8 Å². The summed E-state index contributed by atoms with van der Waals surface area (Å²) in [7, 11) is -3.93. The number of benzene rings is 1. The van der Waals surface area contributed by atoms with Gasteiger partial charge >= 0.3 is 0 Å². The minimum Gasteiger partial charge on any atom is -0.503 e. The van der Waals surface area contributed by atoms with Gasteiger partial charge in [0.05, 0.1) is 16.7 Å². The number of aliphatic hydroxyl groups is 1. The molecule has 0 aliphatic carbocycles. The largest absolute Gasteiger partial charge is 0.503 e. The zero-order chi connectivity index (χ0) is 21.6. The Labute approximate surface area is 171 Å². The van der Waals surface area contributed by atoms with Crippen molar-refractivity contribution in [3.05, 3.63) is 83.4 Å². The van der Waals surface area contributed by atoms with Crippen LogP contribution in [0.4, 0.5) is 5.69 Å². The molecular formula is C20H16N2O7S. The van der Waals surface area contributed by atoms with Crippen molar-refractivity contribution < 1.29 is 31.9 Å². The van der Waals surface area contributed by atoms with E-state index in [1.807, 2.05) is 0 Å². The zero-order valence-electron chi connectivity index (χ0n) is 15.6. The SMILES string of the molecule is Cc1ccc(C2C(C(=O)c3ccco3)=C(O)C(=O)N2c2ccc(S(N)(=O)=O)cc2)o1. The Hall–Kier alpha value is -3.63. The molecule has 3 N–H and O–H groups in total. The predicted molar refractivity (Wildman–Crippen MR) is 104 cm³/mol. The number of aryl methyl sites for hydroxylation is 1. The fourth-order valence-electron chi connectivity index (χ4n) is 3.31. The highest BCUT2D eigenvalue weighted by molar-refractivity contribution is 7.89. The number of primary sulfonamides is 1. The first-order valence-electron chi connectivity index (χ1n) is 8.72. The molecule has 2 aromatic heterocycles. The molecule has 1 aliphatic rings. The summed E-state index contributed by atoms with van der Waals surface area (Å²) in [5, 5.41) is 15.7. The van der Waals surface area contributed by atoms with Crippen molar-refractivity contribution in [1.82, 2.24) is 0 Å². The van der Waals surface area contributed by atoms with Gasteiger partial charge in [0.15, 0.2) is 11.5 Å². The van der Waals surface area contributed by atoms with Crippen LogP contribution >= 0.6 is 0 Å². The summed E-state index contributed by atoms with van der Waals surface area (Å²) in [5.74, 6) is -1.52. The third-order valence-electron chi connectivity index (χ3n) is 4.67. The van der Waals surface area contributed by atoms with Crippen LogP contribution in [-0.4, -0.2) is 25.2 Å². The Morgan fingerprint density at radius 1 is 1.13 bits per heavy atom. The number of carbonyl (C=O) groups is 2.